The number of nitrogens with one attached hydrogen (secondary N) is 2. The van der Waals surface area contributed by atoms with E-state index < -0.39 is 5.97 Å². The summed E-state index contributed by atoms with van der Waals surface area (Å²) in [4.78, 5) is 48.5. The van der Waals surface area contributed by atoms with Crippen LogP contribution in [-0.2, 0) is 17.4 Å². The molecule has 0 amide bonds. The minimum Gasteiger partial charge on any atom is -0.478 e. The number of carboxylic acid groups (broad SMARTS) is 1. The van der Waals surface area contributed by atoms with Crippen LogP contribution in [0.4, 0.5) is 0 Å². The van der Waals surface area contributed by atoms with E-state index in [0.717, 1.165) is 33.0 Å². The predicted octanol–water partition coefficient (Wildman–Crippen LogP) is 6.56. The minimum atomic E-state index is -1.07. The monoisotopic (exact) mass is 610 g/mol. The van der Waals surface area contributed by atoms with Gasteiger partial charge in [0.1, 0.15) is 22.6 Å². The molecule has 7 aromatic rings. The first-order valence-electron chi connectivity index (χ1n) is 13.6. The molecule has 0 aliphatic carbocycles. The molecule has 0 spiro atoms. The second-order valence-electron chi connectivity index (χ2n) is 10.3. The molecule has 0 radical (unpaired) electrons. The molecule has 10 nitrogen and oxygen atoms in total. The van der Waals surface area contributed by atoms with E-state index in [9.17, 15) is 9.90 Å². The molecular weight excluding hydrogens is 592 g/mol. The van der Waals surface area contributed by atoms with Crippen LogP contribution in [0.3, 0.4) is 0 Å². The molecule has 0 saturated carbocycles. The molecule has 5 heterocycles. The Hall–Kier alpha value is -5.76. The molecule has 0 atom stereocenters. The Morgan fingerprint density at radius 2 is 0.864 bits per heavy atom. The van der Waals surface area contributed by atoms with Crippen molar-refractivity contribution >= 4 is 50.1 Å². The van der Waals surface area contributed by atoms with Gasteiger partial charge in [-0.25, -0.2) is 34.7 Å². The van der Waals surface area contributed by atoms with Crippen molar-refractivity contribution in [2.75, 3.05) is 0 Å². The van der Waals surface area contributed by atoms with E-state index in [1.54, 1.807) is 12.1 Å². The van der Waals surface area contributed by atoms with Gasteiger partial charge in [0.05, 0.1) is 5.56 Å². The van der Waals surface area contributed by atoms with Crippen molar-refractivity contribution in [1.29, 1.82) is 0 Å². The molecule has 9 rings (SSSR count). The van der Waals surface area contributed by atoms with E-state index in [-0.39, 0.29) is 22.9 Å². The number of nitrogens with zero attached hydrogens (tertiary/aromatic N) is 6. The van der Waals surface area contributed by atoms with Gasteiger partial charge >= 0.3 is 5.97 Å². The summed E-state index contributed by atoms with van der Waals surface area (Å²) in [5.41, 5.74) is 5.36. The minimum absolute atomic E-state index is 0. The van der Waals surface area contributed by atoms with Crippen LogP contribution in [-0.4, -0.2) is 50.9 Å². The maximum absolute atomic E-state index is 12.3. The number of H-pyrrole nitrogens is 2. The maximum Gasteiger partial charge on any atom is 0.336 e. The Morgan fingerprint density at radius 3 is 1.34 bits per heavy atom. The van der Waals surface area contributed by atoms with E-state index in [0.29, 0.717) is 56.7 Å². The van der Waals surface area contributed by atoms with Crippen molar-refractivity contribution in [2.24, 2.45) is 0 Å². The number of benzene rings is 4. The van der Waals surface area contributed by atoms with Crippen molar-refractivity contribution in [2.45, 2.75) is 0 Å². The van der Waals surface area contributed by atoms with Gasteiger partial charge in [-0.2, -0.15) is 0 Å². The van der Waals surface area contributed by atoms with Gasteiger partial charge in [0.2, 0.25) is 0 Å². The Labute approximate surface area is 258 Å². The van der Waals surface area contributed by atoms with Crippen LogP contribution >= 0.6 is 0 Å². The second-order valence-corrected chi connectivity index (χ2v) is 10.3. The van der Waals surface area contributed by atoms with Gasteiger partial charge in [-0.05, 0) is 6.07 Å². The largest absolute Gasteiger partial charge is 0.478 e. The molecule has 0 saturated heterocycles. The van der Waals surface area contributed by atoms with Crippen LogP contribution in [0.1, 0.15) is 10.4 Å². The van der Waals surface area contributed by atoms with E-state index >= 15 is 0 Å². The van der Waals surface area contributed by atoms with Gasteiger partial charge in [-0.1, -0.05) is 84.9 Å². The zero-order valence-corrected chi connectivity index (χ0v) is 23.9. The first kappa shape index (κ1) is 25.9. The van der Waals surface area contributed by atoms with Crippen LogP contribution in [0.15, 0.2) is 91.0 Å². The Bertz CT molecular complexity index is 2510. The number of aromatic amines is 2. The number of aromatic carboxylic acids is 1. The summed E-state index contributed by atoms with van der Waals surface area (Å²) >= 11 is 0. The SMILES string of the molecule is O=C(O)c1cccc2c3nc4nc(nc5[nH]c(nc6nc(nc([nH]3)c12)-c1ccccc1-6)c1ccccc51)-c1ccccc1-4.[Cr]. The maximum atomic E-state index is 12.3. The van der Waals surface area contributed by atoms with Gasteiger partial charge in [-0.3, -0.25) is 0 Å². The van der Waals surface area contributed by atoms with Gasteiger partial charge < -0.3 is 15.1 Å². The third-order valence-corrected chi connectivity index (χ3v) is 7.81. The molecule has 3 N–H and O–H groups in total. The Balaban J connectivity index is 0.00000289. The van der Waals surface area contributed by atoms with Gasteiger partial charge in [0.15, 0.2) is 23.3 Å². The first-order chi connectivity index (χ1) is 21.1. The molecule has 4 aromatic carbocycles. The van der Waals surface area contributed by atoms with E-state index in [4.69, 9.17) is 29.9 Å². The van der Waals surface area contributed by atoms with Crippen LogP contribution in [0.25, 0.3) is 89.7 Å². The molecule has 11 heteroatoms. The third kappa shape index (κ3) is 3.77. The summed E-state index contributed by atoms with van der Waals surface area (Å²) in [6.07, 6.45) is 0. The molecule has 2 aliphatic rings. The zero-order chi connectivity index (χ0) is 28.7. The fraction of sp³-hybridized carbons (Fsp3) is 0. The Kier molecular flexibility index (Phi) is 5.68. The average molecular weight is 611 g/mol. The number of fused-ring (bicyclic) bond motifs is 20. The van der Waals surface area contributed by atoms with Crippen LogP contribution in [0, 0.1) is 0 Å². The summed E-state index contributed by atoms with van der Waals surface area (Å²) in [6, 6.07) is 28.5. The molecule has 44 heavy (non-hydrogen) atoms. The number of aromatic nitrogens is 8. The van der Waals surface area contributed by atoms with Crippen LogP contribution < -0.4 is 0 Å². The third-order valence-electron chi connectivity index (χ3n) is 7.81. The topological polar surface area (TPSA) is 146 Å². The average Bonchev–Trinajstić information content (AvgIpc) is 3.76. The van der Waals surface area contributed by atoms with E-state index in [1.807, 2.05) is 78.9 Å². The molecular formula is C33H18CrN8O2. The summed E-state index contributed by atoms with van der Waals surface area (Å²) in [6.45, 7) is 0. The summed E-state index contributed by atoms with van der Waals surface area (Å²) in [7, 11) is 0. The molecule has 0 unspecified atom stereocenters. The fourth-order valence-corrected chi connectivity index (χ4v) is 5.87. The number of carboxylic acids is 1. The van der Waals surface area contributed by atoms with Crippen molar-refractivity contribution in [3.05, 3.63) is 96.6 Å². The standard InChI is InChI=1S/C33H18N8O2.Cr/c42-33(43)23-15-7-14-22-24(23)32-40-30-21-13-6-5-12-20(21)28(38-30)36-26-17-9-2-1-8-16(17)25(34-26)35-27-18-10-3-4-11-19(18)29(37-27)39-31(22)41-32;/h1-15H,(H,42,43)(H2,34,35,36,37,38,39,40,41);. The van der Waals surface area contributed by atoms with Crippen molar-refractivity contribution in [1.82, 2.24) is 39.9 Å². The first-order valence-corrected chi connectivity index (χ1v) is 13.6. The quantitative estimate of drug-likeness (QED) is 0.189. The molecule has 3 aromatic heterocycles. The van der Waals surface area contributed by atoms with Crippen molar-refractivity contribution in [3.8, 4) is 45.6 Å². The molecule has 208 valence electrons. The van der Waals surface area contributed by atoms with Gasteiger partial charge in [-0.15, -0.1) is 0 Å². The molecule has 0 fully saturated rings. The van der Waals surface area contributed by atoms with Crippen molar-refractivity contribution in [3.63, 3.8) is 0 Å². The van der Waals surface area contributed by atoms with E-state index in [2.05, 4.69) is 9.97 Å². The predicted molar refractivity (Wildman–Crippen MR) is 163 cm³/mol. The molecule has 8 bridgehead atoms. The van der Waals surface area contributed by atoms with E-state index in [1.165, 1.54) is 0 Å². The summed E-state index contributed by atoms with van der Waals surface area (Å²) in [5.74, 6) is 0.791. The van der Waals surface area contributed by atoms with Crippen LogP contribution in [0.2, 0.25) is 0 Å². The molecule has 2 aliphatic heterocycles. The van der Waals surface area contributed by atoms with Gasteiger partial charge in [0, 0.05) is 61.2 Å². The zero-order valence-electron chi connectivity index (χ0n) is 22.6. The number of hydrogen-bond donors (Lipinski definition) is 3. The summed E-state index contributed by atoms with van der Waals surface area (Å²) < 4.78 is 0. The Morgan fingerprint density at radius 1 is 0.477 bits per heavy atom. The number of hydrogen-bond acceptors (Lipinski definition) is 7. The van der Waals surface area contributed by atoms with Crippen molar-refractivity contribution < 1.29 is 27.3 Å². The summed E-state index contributed by atoms with van der Waals surface area (Å²) in [5, 5.41) is 12.9. The fourth-order valence-electron chi connectivity index (χ4n) is 5.87. The normalized spacial score (nSPS) is 11.6. The number of rotatable bonds is 1. The van der Waals surface area contributed by atoms with Crippen LogP contribution in [0.5, 0.6) is 0 Å². The smallest absolute Gasteiger partial charge is 0.336 e. The number of carbonyl (C=O) groups is 1. The second kappa shape index (κ2) is 9.64. The van der Waals surface area contributed by atoms with Gasteiger partial charge in [0.25, 0.3) is 0 Å².